The van der Waals surface area contributed by atoms with Crippen molar-refractivity contribution in [1.82, 2.24) is 0 Å². The molecule has 0 saturated carbocycles. The first kappa shape index (κ1) is 40.4. The van der Waals surface area contributed by atoms with Gasteiger partial charge in [-0.05, 0) is 37.8 Å². The van der Waals surface area contributed by atoms with Gasteiger partial charge in [-0.25, -0.2) is 0 Å². The summed E-state index contributed by atoms with van der Waals surface area (Å²) in [6, 6.07) is 8.55. The van der Waals surface area contributed by atoms with Crippen molar-refractivity contribution in [3.63, 3.8) is 0 Å². The fraction of sp³-hybridized carbons (Fsp3) is 0.722. The number of ether oxygens (including phenoxy) is 5. The van der Waals surface area contributed by atoms with Crippen molar-refractivity contribution >= 4 is 34.7 Å². The molecule has 266 valence electrons. The van der Waals surface area contributed by atoms with Gasteiger partial charge in [-0.1, -0.05) is 97.3 Å². The molecule has 2 rings (SSSR count). The zero-order chi connectivity index (χ0) is 34.4. The minimum atomic E-state index is -1.91. The second-order valence-corrected chi connectivity index (χ2v) is 13.6. The van der Waals surface area contributed by atoms with Crippen molar-refractivity contribution in [3.05, 3.63) is 30.3 Å². The quantitative estimate of drug-likeness (QED) is 0.0669. The van der Waals surface area contributed by atoms with Gasteiger partial charge in [-0.2, -0.15) is 0 Å². The first-order valence-corrected chi connectivity index (χ1v) is 18.8. The van der Waals surface area contributed by atoms with Crippen LogP contribution in [0.25, 0.3) is 0 Å². The third-order valence-corrected chi connectivity index (χ3v) is 9.46. The summed E-state index contributed by atoms with van der Waals surface area (Å²) in [4.78, 5) is 52.6. The summed E-state index contributed by atoms with van der Waals surface area (Å²) in [5, 5.41) is 0. The molecule has 6 atom stereocenters. The monoisotopic (exact) mass is 680 g/mol. The molecule has 0 aliphatic carbocycles. The molecular formula is C36H56O10S. The summed E-state index contributed by atoms with van der Waals surface area (Å²) < 4.78 is 43.9. The van der Waals surface area contributed by atoms with Gasteiger partial charge in [0.1, 0.15) is 12.7 Å². The third-order valence-electron chi connectivity index (χ3n) is 7.93. The number of carbonyl (C=O) groups excluding carboxylic acids is 4. The maximum absolute atomic E-state index is 14.1. The van der Waals surface area contributed by atoms with Crippen LogP contribution in [0.4, 0.5) is 0 Å². The van der Waals surface area contributed by atoms with E-state index in [0.29, 0.717) is 30.6 Å². The summed E-state index contributed by atoms with van der Waals surface area (Å²) in [5.74, 6) is -2.13. The van der Waals surface area contributed by atoms with E-state index in [9.17, 15) is 23.4 Å². The number of esters is 4. The molecule has 0 spiro atoms. The average molecular weight is 681 g/mol. The van der Waals surface area contributed by atoms with Crippen LogP contribution in [0.3, 0.4) is 0 Å². The van der Waals surface area contributed by atoms with Crippen molar-refractivity contribution < 1.29 is 47.1 Å². The molecule has 47 heavy (non-hydrogen) atoms. The molecule has 11 heteroatoms. The van der Waals surface area contributed by atoms with Crippen LogP contribution in [0.15, 0.2) is 35.2 Å². The average Bonchev–Trinajstić information content (AvgIpc) is 3.06. The predicted octanol–water partition coefficient (Wildman–Crippen LogP) is 7.12. The number of hydrogen-bond acceptors (Lipinski definition) is 10. The Labute approximate surface area is 283 Å². The van der Waals surface area contributed by atoms with Crippen LogP contribution in [0, 0.1) is 0 Å². The molecule has 0 amide bonds. The van der Waals surface area contributed by atoms with E-state index in [2.05, 4.69) is 0 Å². The SMILES string of the molecule is CCCCCC(=O)OC[C@H]1O[C@H](S(=O)c2ccccc2)[C@@H](OC(=O)CCCCC)[C@@H](OC(=O)CCCCC)[C@@H]1OC(=O)CCCCC. The van der Waals surface area contributed by atoms with Crippen molar-refractivity contribution in [1.29, 1.82) is 0 Å². The Morgan fingerprint density at radius 3 is 1.49 bits per heavy atom. The number of benzene rings is 1. The van der Waals surface area contributed by atoms with Gasteiger partial charge in [-0.3, -0.25) is 23.4 Å². The summed E-state index contributed by atoms with van der Waals surface area (Å²) in [7, 11) is -1.91. The van der Waals surface area contributed by atoms with E-state index in [1.54, 1.807) is 30.3 Å². The van der Waals surface area contributed by atoms with Crippen LogP contribution in [0.1, 0.15) is 130 Å². The summed E-state index contributed by atoms with van der Waals surface area (Å²) in [6.07, 6.45) is 4.77. The van der Waals surface area contributed by atoms with Gasteiger partial charge in [0, 0.05) is 30.6 Å². The molecule has 1 aliphatic rings. The molecule has 1 unspecified atom stereocenters. The molecule has 0 N–H and O–H groups in total. The van der Waals surface area contributed by atoms with E-state index in [1.807, 2.05) is 27.7 Å². The van der Waals surface area contributed by atoms with Crippen LogP contribution < -0.4 is 0 Å². The summed E-state index contributed by atoms with van der Waals surface area (Å²) in [5.41, 5.74) is -1.31. The topological polar surface area (TPSA) is 132 Å². The van der Waals surface area contributed by atoms with Crippen molar-refractivity contribution in [2.75, 3.05) is 6.61 Å². The lowest BCUT2D eigenvalue weighted by Gasteiger charge is -2.44. The highest BCUT2D eigenvalue weighted by atomic mass is 32.2. The Morgan fingerprint density at radius 1 is 0.596 bits per heavy atom. The molecule has 1 fully saturated rings. The normalized spacial score (nSPS) is 21.4. The van der Waals surface area contributed by atoms with Gasteiger partial charge in [0.25, 0.3) is 0 Å². The second kappa shape index (κ2) is 23.5. The van der Waals surface area contributed by atoms with E-state index in [-0.39, 0.29) is 32.3 Å². The summed E-state index contributed by atoms with van der Waals surface area (Å²) in [6.45, 7) is 7.75. The van der Waals surface area contributed by atoms with Gasteiger partial charge >= 0.3 is 23.9 Å². The first-order valence-electron chi connectivity index (χ1n) is 17.6. The molecule has 0 radical (unpaired) electrons. The fourth-order valence-corrected chi connectivity index (χ4v) is 6.62. The van der Waals surface area contributed by atoms with Gasteiger partial charge in [0.15, 0.2) is 23.7 Å². The Kier molecular flexibility index (Phi) is 20.2. The first-order chi connectivity index (χ1) is 22.7. The van der Waals surface area contributed by atoms with E-state index in [4.69, 9.17) is 23.7 Å². The lowest BCUT2D eigenvalue weighted by Crippen LogP contribution is -2.63. The number of hydrogen-bond donors (Lipinski definition) is 0. The largest absolute Gasteiger partial charge is 0.463 e. The van der Waals surface area contributed by atoms with Crippen LogP contribution in [0.2, 0.25) is 0 Å². The zero-order valence-corrected chi connectivity index (χ0v) is 29.6. The highest BCUT2D eigenvalue weighted by Crippen LogP contribution is 2.33. The molecule has 1 heterocycles. The van der Waals surface area contributed by atoms with Crippen molar-refractivity contribution in [3.8, 4) is 0 Å². The maximum atomic E-state index is 14.1. The number of carbonyl (C=O) groups is 4. The number of rotatable bonds is 23. The lowest BCUT2D eigenvalue weighted by molar-refractivity contribution is -0.240. The Balaban J connectivity index is 2.54. The van der Waals surface area contributed by atoms with Crippen molar-refractivity contribution in [2.24, 2.45) is 0 Å². The minimum absolute atomic E-state index is 0.100. The third kappa shape index (κ3) is 14.9. The lowest BCUT2D eigenvalue weighted by atomic mass is 9.98. The zero-order valence-electron chi connectivity index (χ0n) is 28.8. The van der Waals surface area contributed by atoms with Gasteiger partial charge in [0.05, 0.1) is 10.8 Å². The van der Waals surface area contributed by atoms with E-state index >= 15 is 0 Å². The van der Waals surface area contributed by atoms with E-state index in [0.717, 1.165) is 51.4 Å². The van der Waals surface area contributed by atoms with Gasteiger partial charge in [0.2, 0.25) is 0 Å². The van der Waals surface area contributed by atoms with Gasteiger partial charge < -0.3 is 23.7 Å². The second-order valence-electron chi connectivity index (χ2n) is 12.0. The molecule has 0 bridgehead atoms. The molecular weight excluding hydrogens is 624 g/mol. The van der Waals surface area contributed by atoms with E-state index < -0.39 is 64.5 Å². The number of unbranched alkanes of at least 4 members (excludes halogenated alkanes) is 8. The smallest absolute Gasteiger partial charge is 0.306 e. The fourth-order valence-electron chi connectivity index (χ4n) is 5.23. The molecule has 1 saturated heterocycles. The van der Waals surface area contributed by atoms with Crippen LogP contribution in [-0.4, -0.2) is 64.5 Å². The highest BCUT2D eigenvalue weighted by Gasteiger charge is 2.54. The Morgan fingerprint density at radius 2 is 1.02 bits per heavy atom. The molecule has 10 nitrogen and oxygen atoms in total. The molecule has 1 aliphatic heterocycles. The minimum Gasteiger partial charge on any atom is -0.463 e. The van der Waals surface area contributed by atoms with Crippen LogP contribution in [-0.2, 0) is 53.7 Å². The van der Waals surface area contributed by atoms with Crippen LogP contribution in [0.5, 0.6) is 0 Å². The Hall–Kier alpha value is -2.79. The van der Waals surface area contributed by atoms with Crippen molar-refractivity contribution in [2.45, 2.75) is 165 Å². The standard InChI is InChI=1S/C36H56O10S/c1-5-9-14-22-29(37)42-26-28-33(44-30(38)23-15-10-6-2)34(45-31(39)24-16-11-7-3)35(46-32(40)25-17-12-8-4)36(43-28)47(41)27-20-18-13-19-21-27/h13,18-21,28,33-36H,5-12,14-17,22-26H2,1-4H3/t28-,33-,34+,35+,36-,47?/m1/s1. The molecule has 1 aromatic carbocycles. The predicted molar refractivity (Wildman–Crippen MR) is 179 cm³/mol. The Bertz CT molecular complexity index is 1090. The van der Waals surface area contributed by atoms with Gasteiger partial charge in [-0.15, -0.1) is 0 Å². The van der Waals surface area contributed by atoms with E-state index in [1.165, 1.54) is 0 Å². The maximum Gasteiger partial charge on any atom is 0.306 e. The molecule has 1 aromatic rings. The molecule has 0 aromatic heterocycles. The summed E-state index contributed by atoms with van der Waals surface area (Å²) >= 11 is 0. The van der Waals surface area contributed by atoms with Crippen LogP contribution >= 0.6 is 0 Å². The highest BCUT2D eigenvalue weighted by molar-refractivity contribution is 7.85.